The minimum absolute atomic E-state index is 0.0866. The van der Waals surface area contributed by atoms with Gasteiger partial charge in [-0.2, -0.15) is 4.39 Å². The van der Waals surface area contributed by atoms with Gasteiger partial charge in [-0.25, -0.2) is 0 Å². The van der Waals surface area contributed by atoms with E-state index in [2.05, 4.69) is 15.5 Å². The number of nitrogens with one attached hydrogen (secondary N) is 2. The van der Waals surface area contributed by atoms with Crippen LogP contribution in [0.5, 0.6) is 0 Å². The number of halogens is 1. The quantitative estimate of drug-likeness (QED) is 0.595. The van der Waals surface area contributed by atoms with Crippen molar-refractivity contribution in [2.45, 2.75) is 19.3 Å². The van der Waals surface area contributed by atoms with Crippen molar-refractivity contribution in [1.82, 2.24) is 0 Å². The molecule has 27 heavy (non-hydrogen) atoms. The Hall–Kier alpha value is -3.16. The van der Waals surface area contributed by atoms with Crippen LogP contribution in [0.25, 0.3) is 0 Å². The van der Waals surface area contributed by atoms with E-state index in [1.54, 1.807) is 0 Å². The van der Waals surface area contributed by atoms with Gasteiger partial charge in [-0.15, -0.1) is 0 Å². The summed E-state index contributed by atoms with van der Waals surface area (Å²) in [7, 11) is 0. The van der Waals surface area contributed by atoms with Crippen LogP contribution in [0, 0.1) is 15.9 Å². The van der Waals surface area contributed by atoms with Gasteiger partial charge in [0.05, 0.1) is 11.5 Å². The molecule has 142 valence electrons. The maximum absolute atomic E-state index is 13.3. The Kier molecular flexibility index (Phi) is 5.85. The van der Waals surface area contributed by atoms with Gasteiger partial charge in [0.15, 0.2) is 0 Å². The zero-order chi connectivity index (χ0) is 19.2. The molecule has 0 bridgehead atoms. The SMILES string of the molecule is O=C(CNc1ccc(F)c([N+](=O)[O-])c1)Nc1ccc(N2CCCCC2)cc1. The second kappa shape index (κ2) is 8.48. The van der Waals surface area contributed by atoms with Crippen molar-refractivity contribution in [3.63, 3.8) is 0 Å². The minimum atomic E-state index is -0.913. The molecule has 2 N–H and O–H groups in total. The van der Waals surface area contributed by atoms with E-state index in [1.807, 2.05) is 24.3 Å². The van der Waals surface area contributed by atoms with E-state index >= 15 is 0 Å². The summed E-state index contributed by atoms with van der Waals surface area (Å²) in [6.45, 7) is 2.02. The molecule has 1 fully saturated rings. The van der Waals surface area contributed by atoms with E-state index in [4.69, 9.17) is 0 Å². The number of hydrogen-bond donors (Lipinski definition) is 2. The van der Waals surface area contributed by atoms with Crippen molar-refractivity contribution < 1.29 is 14.1 Å². The van der Waals surface area contributed by atoms with Crippen molar-refractivity contribution >= 4 is 28.7 Å². The highest BCUT2D eigenvalue weighted by Crippen LogP contribution is 2.23. The van der Waals surface area contributed by atoms with Gasteiger partial charge in [0.1, 0.15) is 0 Å². The van der Waals surface area contributed by atoms with Crippen LogP contribution in [0.1, 0.15) is 19.3 Å². The molecule has 3 rings (SSSR count). The molecule has 0 saturated carbocycles. The van der Waals surface area contributed by atoms with Gasteiger partial charge in [-0.3, -0.25) is 14.9 Å². The zero-order valence-corrected chi connectivity index (χ0v) is 14.8. The van der Waals surface area contributed by atoms with Gasteiger partial charge in [-0.05, 0) is 55.7 Å². The van der Waals surface area contributed by atoms with E-state index in [-0.39, 0.29) is 12.5 Å². The standard InChI is InChI=1S/C19H21FN4O3/c20-17-9-6-15(12-18(17)24(26)27)21-13-19(25)22-14-4-7-16(8-5-14)23-10-2-1-3-11-23/h4-9,12,21H,1-3,10-11,13H2,(H,22,25). The molecule has 0 unspecified atom stereocenters. The lowest BCUT2D eigenvalue weighted by atomic mass is 10.1. The number of anilines is 3. The fourth-order valence-electron chi connectivity index (χ4n) is 3.06. The summed E-state index contributed by atoms with van der Waals surface area (Å²) in [5.41, 5.74) is 1.49. The second-order valence-electron chi connectivity index (χ2n) is 6.42. The summed E-state index contributed by atoms with van der Waals surface area (Å²) in [6.07, 6.45) is 3.67. The molecule has 0 radical (unpaired) electrons. The molecule has 0 spiro atoms. The molecular weight excluding hydrogens is 351 g/mol. The molecule has 1 saturated heterocycles. The Labute approximate surface area is 156 Å². The van der Waals surface area contributed by atoms with Crippen molar-refractivity contribution in [3.05, 3.63) is 58.4 Å². The van der Waals surface area contributed by atoms with Crippen molar-refractivity contribution in [1.29, 1.82) is 0 Å². The normalized spacial score (nSPS) is 13.9. The third-order valence-corrected chi connectivity index (χ3v) is 4.47. The first-order valence-electron chi connectivity index (χ1n) is 8.85. The van der Waals surface area contributed by atoms with Gasteiger partial charge in [0.2, 0.25) is 11.7 Å². The van der Waals surface area contributed by atoms with E-state index < -0.39 is 16.4 Å². The first kappa shape index (κ1) is 18.6. The number of rotatable bonds is 6. The zero-order valence-electron chi connectivity index (χ0n) is 14.8. The number of nitrogens with zero attached hydrogens (tertiary/aromatic N) is 2. The lowest BCUT2D eigenvalue weighted by molar-refractivity contribution is -0.387. The molecule has 2 aromatic carbocycles. The summed E-state index contributed by atoms with van der Waals surface area (Å²) < 4.78 is 13.3. The molecular formula is C19H21FN4O3. The molecule has 1 aliphatic heterocycles. The molecule has 2 aromatic rings. The monoisotopic (exact) mass is 372 g/mol. The molecule has 1 amide bonds. The first-order chi connectivity index (χ1) is 13.0. The number of hydrogen-bond acceptors (Lipinski definition) is 5. The fourth-order valence-corrected chi connectivity index (χ4v) is 3.06. The molecule has 0 aromatic heterocycles. The van der Waals surface area contributed by atoms with Crippen LogP contribution in [-0.2, 0) is 4.79 Å². The van der Waals surface area contributed by atoms with Gasteiger partial charge in [0, 0.05) is 36.2 Å². The van der Waals surface area contributed by atoms with Crippen molar-refractivity contribution in [3.8, 4) is 0 Å². The summed E-state index contributed by atoms with van der Waals surface area (Å²) in [5, 5.41) is 16.3. The largest absolute Gasteiger partial charge is 0.376 e. The topological polar surface area (TPSA) is 87.5 Å². The van der Waals surface area contributed by atoms with E-state index in [0.29, 0.717) is 11.4 Å². The molecule has 0 aliphatic carbocycles. The predicted molar refractivity (Wildman–Crippen MR) is 103 cm³/mol. The number of piperidine rings is 1. The van der Waals surface area contributed by atoms with Crippen LogP contribution in [0.15, 0.2) is 42.5 Å². The van der Waals surface area contributed by atoms with Crippen LogP contribution < -0.4 is 15.5 Å². The lowest BCUT2D eigenvalue weighted by Gasteiger charge is -2.28. The van der Waals surface area contributed by atoms with Gasteiger partial charge in [0.25, 0.3) is 0 Å². The van der Waals surface area contributed by atoms with Gasteiger partial charge >= 0.3 is 5.69 Å². The number of carbonyl (C=O) groups is 1. The number of carbonyl (C=O) groups excluding carboxylic acids is 1. The second-order valence-corrected chi connectivity index (χ2v) is 6.42. The molecule has 7 nitrogen and oxygen atoms in total. The maximum Gasteiger partial charge on any atom is 0.306 e. The van der Waals surface area contributed by atoms with Gasteiger partial charge < -0.3 is 15.5 Å². The van der Waals surface area contributed by atoms with Gasteiger partial charge in [-0.1, -0.05) is 0 Å². The summed E-state index contributed by atoms with van der Waals surface area (Å²) in [6, 6.07) is 11.1. The third kappa shape index (κ3) is 4.93. The number of nitro groups is 1. The average Bonchev–Trinajstić information content (AvgIpc) is 2.68. The molecule has 1 heterocycles. The summed E-state index contributed by atoms with van der Waals surface area (Å²) >= 11 is 0. The number of benzene rings is 2. The van der Waals surface area contributed by atoms with E-state index in [0.717, 1.165) is 30.9 Å². The Bertz CT molecular complexity index is 820. The highest BCUT2D eigenvalue weighted by Gasteiger charge is 2.15. The van der Waals surface area contributed by atoms with Crippen LogP contribution in [0.2, 0.25) is 0 Å². The summed E-state index contributed by atoms with van der Waals surface area (Å²) in [4.78, 5) is 24.3. The van der Waals surface area contributed by atoms with E-state index in [1.165, 1.54) is 25.3 Å². The van der Waals surface area contributed by atoms with Crippen LogP contribution >= 0.6 is 0 Å². The maximum atomic E-state index is 13.3. The smallest absolute Gasteiger partial charge is 0.306 e. The Morgan fingerprint density at radius 3 is 2.41 bits per heavy atom. The van der Waals surface area contributed by atoms with Crippen LogP contribution in [-0.4, -0.2) is 30.5 Å². The fraction of sp³-hybridized carbons (Fsp3) is 0.316. The highest BCUT2D eigenvalue weighted by atomic mass is 19.1. The highest BCUT2D eigenvalue weighted by molar-refractivity contribution is 5.93. The number of amides is 1. The molecule has 1 aliphatic rings. The number of nitro benzene ring substituents is 1. The van der Waals surface area contributed by atoms with Crippen LogP contribution in [0.4, 0.5) is 27.1 Å². The van der Waals surface area contributed by atoms with Crippen LogP contribution in [0.3, 0.4) is 0 Å². The van der Waals surface area contributed by atoms with Crippen molar-refractivity contribution in [2.75, 3.05) is 35.2 Å². The molecule has 8 heteroatoms. The first-order valence-corrected chi connectivity index (χ1v) is 8.85. The minimum Gasteiger partial charge on any atom is -0.376 e. The third-order valence-electron chi connectivity index (χ3n) is 4.47. The Balaban J connectivity index is 1.53. The lowest BCUT2D eigenvalue weighted by Crippen LogP contribution is -2.29. The van der Waals surface area contributed by atoms with E-state index in [9.17, 15) is 19.3 Å². The average molecular weight is 372 g/mol. The predicted octanol–water partition coefficient (Wildman–Crippen LogP) is 3.77. The Morgan fingerprint density at radius 1 is 1.07 bits per heavy atom. The summed E-state index contributed by atoms with van der Waals surface area (Å²) in [5.74, 6) is -1.21. The Morgan fingerprint density at radius 2 is 1.74 bits per heavy atom. The molecule has 0 atom stereocenters. The van der Waals surface area contributed by atoms with Crippen molar-refractivity contribution in [2.24, 2.45) is 0 Å².